The van der Waals surface area contributed by atoms with Crippen LogP contribution in [-0.2, 0) is 0 Å². The number of ether oxygens (including phenoxy) is 1. The van der Waals surface area contributed by atoms with Crippen LogP contribution < -0.4 is 4.74 Å². The standard InChI is InChI=1S/C14H11Cl2FO/c1-18-13-6-5-10(8-12(13)15)14(16)9-3-2-4-11(17)7-9/h2-8,14H,1H3. The van der Waals surface area contributed by atoms with Crippen molar-refractivity contribution in [2.75, 3.05) is 7.11 Å². The maximum absolute atomic E-state index is 13.1. The third-order valence-electron chi connectivity index (χ3n) is 2.61. The predicted octanol–water partition coefficient (Wildman–Crippen LogP) is 4.82. The molecule has 0 saturated carbocycles. The molecule has 2 aromatic rings. The number of halogens is 3. The highest BCUT2D eigenvalue weighted by Gasteiger charge is 2.13. The Kier molecular flexibility index (Phi) is 4.10. The first-order chi connectivity index (χ1) is 8.61. The molecule has 0 N–H and O–H groups in total. The second-order valence-corrected chi connectivity index (χ2v) is 4.66. The molecule has 0 aliphatic heterocycles. The molecule has 0 amide bonds. The van der Waals surface area contributed by atoms with E-state index in [2.05, 4.69) is 0 Å². The molecule has 0 fully saturated rings. The largest absolute Gasteiger partial charge is 0.495 e. The first kappa shape index (κ1) is 13.2. The second-order valence-electron chi connectivity index (χ2n) is 3.81. The quantitative estimate of drug-likeness (QED) is 0.735. The summed E-state index contributed by atoms with van der Waals surface area (Å²) in [6, 6.07) is 11.5. The second kappa shape index (κ2) is 5.59. The van der Waals surface area contributed by atoms with Crippen LogP contribution in [0.25, 0.3) is 0 Å². The van der Waals surface area contributed by atoms with E-state index in [-0.39, 0.29) is 5.82 Å². The molecule has 0 aliphatic rings. The monoisotopic (exact) mass is 284 g/mol. The van der Waals surface area contributed by atoms with E-state index in [1.54, 1.807) is 31.4 Å². The number of methoxy groups -OCH3 is 1. The molecular formula is C14H11Cl2FO. The van der Waals surface area contributed by atoms with Crippen LogP contribution in [0.5, 0.6) is 5.75 Å². The van der Waals surface area contributed by atoms with Gasteiger partial charge in [0.2, 0.25) is 0 Å². The van der Waals surface area contributed by atoms with Crippen LogP contribution in [0.2, 0.25) is 5.02 Å². The van der Waals surface area contributed by atoms with E-state index in [4.69, 9.17) is 27.9 Å². The minimum Gasteiger partial charge on any atom is -0.495 e. The van der Waals surface area contributed by atoms with E-state index in [0.717, 1.165) is 5.56 Å². The number of benzene rings is 2. The van der Waals surface area contributed by atoms with Gasteiger partial charge in [-0.2, -0.15) is 0 Å². The van der Waals surface area contributed by atoms with Crippen LogP contribution in [0.15, 0.2) is 42.5 Å². The van der Waals surface area contributed by atoms with Gasteiger partial charge in [0.15, 0.2) is 0 Å². The van der Waals surface area contributed by atoms with E-state index >= 15 is 0 Å². The highest BCUT2D eigenvalue weighted by molar-refractivity contribution is 6.32. The Bertz CT molecular complexity index is 557. The summed E-state index contributed by atoms with van der Waals surface area (Å²) in [6.07, 6.45) is 0. The van der Waals surface area contributed by atoms with Gasteiger partial charge in [0.25, 0.3) is 0 Å². The summed E-state index contributed by atoms with van der Waals surface area (Å²) in [4.78, 5) is 0. The van der Waals surface area contributed by atoms with Crippen molar-refractivity contribution in [3.63, 3.8) is 0 Å². The van der Waals surface area contributed by atoms with Crippen molar-refractivity contribution in [3.8, 4) is 5.75 Å². The summed E-state index contributed by atoms with van der Waals surface area (Å²) >= 11 is 12.3. The van der Waals surface area contributed by atoms with Crippen molar-refractivity contribution < 1.29 is 9.13 Å². The van der Waals surface area contributed by atoms with Crippen molar-refractivity contribution in [2.45, 2.75) is 5.38 Å². The van der Waals surface area contributed by atoms with Crippen LogP contribution in [0.4, 0.5) is 4.39 Å². The summed E-state index contributed by atoms with van der Waals surface area (Å²) in [7, 11) is 1.55. The average molecular weight is 285 g/mol. The Morgan fingerprint density at radius 3 is 2.44 bits per heavy atom. The number of alkyl halides is 1. The lowest BCUT2D eigenvalue weighted by Crippen LogP contribution is -1.95. The molecular weight excluding hydrogens is 274 g/mol. The Labute approximate surface area is 115 Å². The van der Waals surface area contributed by atoms with E-state index in [1.807, 2.05) is 6.07 Å². The van der Waals surface area contributed by atoms with Crippen LogP contribution in [-0.4, -0.2) is 7.11 Å². The molecule has 1 nitrogen and oxygen atoms in total. The third kappa shape index (κ3) is 2.77. The molecule has 0 saturated heterocycles. The lowest BCUT2D eigenvalue weighted by Gasteiger charge is -2.12. The van der Waals surface area contributed by atoms with Gasteiger partial charge < -0.3 is 4.74 Å². The van der Waals surface area contributed by atoms with Gasteiger partial charge in [-0.05, 0) is 35.4 Å². The highest BCUT2D eigenvalue weighted by Crippen LogP contribution is 2.33. The molecule has 18 heavy (non-hydrogen) atoms. The van der Waals surface area contributed by atoms with Crippen LogP contribution in [0, 0.1) is 5.82 Å². The number of hydrogen-bond donors (Lipinski definition) is 0. The summed E-state index contributed by atoms with van der Waals surface area (Å²) in [6.45, 7) is 0. The third-order valence-corrected chi connectivity index (χ3v) is 3.41. The lowest BCUT2D eigenvalue weighted by atomic mass is 10.0. The van der Waals surface area contributed by atoms with Gasteiger partial charge in [-0.15, -0.1) is 11.6 Å². The fourth-order valence-electron chi connectivity index (χ4n) is 1.70. The zero-order valence-electron chi connectivity index (χ0n) is 9.66. The topological polar surface area (TPSA) is 9.23 Å². The molecule has 2 rings (SSSR count). The minimum absolute atomic E-state index is 0.308. The van der Waals surface area contributed by atoms with Gasteiger partial charge in [0, 0.05) is 0 Å². The van der Waals surface area contributed by atoms with Gasteiger partial charge in [-0.3, -0.25) is 0 Å². The van der Waals surface area contributed by atoms with Crippen LogP contribution in [0.1, 0.15) is 16.5 Å². The maximum Gasteiger partial charge on any atom is 0.137 e. The van der Waals surface area contributed by atoms with Gasteiger partial charge >= 0.3 is 0 Å². The zero-order chi connectivity index (χ0) is 13.1. The molecule has 0 spiro atoms. The van der Waals surface area contributed by atoms with Crippen molar-refractivity contribution in [1.29, 1.82) is 0 Å². The van der Waals surface area contributed by atoms with Crippen LogP contribution in [0.3, 0.4) is 0 Å². The fourth-order valence-corrected chi connectivity index (χ4v) is 2.23. The van der Waals surface area contributed by atoms with E-state index in [9.17, 15) is 4.39 Å². The highest BCUT2D eigenvalue weighted by atomic mass is 35.5. The predicted molar refractivity (Wildman–Crippen MR) is 72.1 cm³/mol. The minimum atomic E-state index is -0.441. The summed E-state index contributed by atoms with van der Waals surface area (Å²) in [5.41, 5.74) is 1.49. The molecule has 0 radical (unpaired) electrons. The van der Waals surface area contributed by atoms with Gasteiger partial charge in [0.1, 0.15) is 11.6 Å². The molecule has 1 unspecified atom stereocenters. The SMILES string of the molecule is COc1ccc(C(Cl)c2cccc(F)c2)cc1Cl. The number of hydrogen-bond acceptors (Lipinski definition) is 1. The fraction of sp³-hybridized carbons (Fsp3) is 0.143. The summed E-state index contributed by atoms with van der Waals surface area (Å²) in [5, 5.41) is 0.0427. The van der Waals surface area contributed by atoms with Gasteiger partial charge in [0.05, 0.1) is 17.5 Å². The molecule has 0 bridgehead atoms. The van der Waals surface area contributed by atoms with Gasteiger partial charge in [-0.1, -0.05) is 29.8 Å². The molecule has 0 aromatic heterocycles. The smallest absolute Gasteiger partial charge is 0.137 e. The van der Waals surface area contributed by atoms with Gasteiger partial charge in [-0.25, -0.2) is 4.39 Å². The Balaban J connectivity index is 2.34. The van der Waals surface area contributed by atoms with Crippen LogP contribution >= 0.6 is 23.2 Å². The molecule has 94 valence electrons. The first-order valence-corrected chi connectivity index (χ1v) is 6.16. The Morgan fingerprint density at radius 1 is 1.11 bits per heavy atom. The van der Waals surface area contributed by atoms with E-state index in [0.29, 0.717) is 16.3 Å². The summed E-state index contributed by atoms with van der Waals surface area (Å²) in [5.74, 6) is 0.279. The molecule has 1 atom stereocenters. The Hall–Kier alpha value is -1.25. The lowest BCUT2D eigenvalue weighted by molar-refractivity contribution is 0.415. The zero-order valence-corrected chi connectivity index (χ0v) is 11.2. The molecule has 0 aliphatic carbocycles. The van der Waals surface area contributed by atoms with E-state index in [1.165, 1.54) is 12.1 Å². The first-order valence-electron chi connectivity index (χ1n) is 5.35. The Morgan fingerprint density at radius 2 is 1.83 bits per heavy atom. The molecule has 4 heteroatoms. The average Bonchev–Trinajstić information content (AvgIpc) is 2.37. The van der Waals surface area contributed by atoms with Crippen molar-refractivity contribution in [1.82, 2.24) is 0 Å². The number of rotatable bonds is 3. The summed E-state index contributed by atoms with van der Waals surface area (Å²) < 4.78 is 18.2. The van der Waals surface area contributed by atoms with Crippen molar-refractivity contribution >= 4 is 23.2 Å². The van der Waals surface area contributed by atoms with Crippen molar-refractivity contribution in [2.24, 2.45) is 0 Å². The molecule has 0 heterocycles. The van der Waals surface area contributed by atoms with E-state index < -0.39 is 5.38 Å². The normalized spacial score (nSPS) is 12.2. The molecule has 2 aromatic carbocycles. The van der Waals surface area contributed by atoms with Crippen molar-refractivity contribution in [3.05, 3.63) is 64.4 Å². The maximum atomic E-state index is 13.1.